The molecule has 0 spiro atoms. The van der Waals surface area contributed by atoms with Crippen molar-refractivity contribution in [1.29, 1.82) is 0 Å². The van der Waals surface area contributed by atoms with Crippen molar-refractivity contribution in [2.24, 2.45) is 5.73 Å². The smallest absolute Gasteiger partial charge is 0.303 e. The van der Waals surface area contributed by atoms with E-state index in [4.69, 9.17) is 15.9 Å². The summed E-state index contributed by atoms with van der Waals surface area (Å²) in [6.07, 6.45) is 0.00105. The number of aliphatic hydroxyl groups excluding tert-OH is 1. The molecule has 166 valence electrons. The molecule has 1 heterocycles. The van der Waals surface area contributed by atoms with Crippen molar-refractivity contribution >= 4 is 35.0 Å². The fourth-order valence-electron chi connectivity index (χ4n) is 2.82. The van der Waals surface area contributed by atoms with Crippen LogP contribution in [0.25, 0.3) is 10.4 Å². The summed E-state index contributed by atoms with van der Waals surface area (Å²) in [7, 11) is 0. The van der Waals surface area contributed by atoms with Gasteiger partial charge in [-0.15, -0.1) is 11.3 Å². The number of carbonyl (C=O) groups excluding carboxylic acids is 3. The second kappa shape index (κ2) is 11.8. The third-order valence-electron chi connectivity index (χ3n) is 4.54. The van der Waals surface area contributed by atoms with Crippen LogP contribution >= 0.6 is 11.3 Å². The molecule has 0 aliphatic carbocycles. The molecule has 0 fully saturated rings. The largest absolute Gasteiger partial charge is 0.481 e. The number of aliphatic carboxylic acids is 1. The fraction of sp³-hybridized carbons (Fsp3) is 0.333. The van der Waals surface area contributed by atoms with Crippen LogP contribution in [0, 0.1) is 0 Å². The van der Waals surface area contributed by atoms with Crippen molar-refractivity contribution in [3.63, 3.8) is 0 Å². The Kier molecular flexibility index (Phi) is 9.16. The Morgan fingerprint density at radius 3 is 2.26 bits per heavy atom. The highest BCUT2D eigenvalue weighted by molar-refractivity contribution is 7.13. The molecule has 1 aromatic carbocycles. The van der Waals surface area contributed by atoms with E-state index in [1.165, 1.54) is 0 Å². The van der Waals surface area contributed by atoms with E-state index in [0.29, 0.717) is 6.42 Å². The molecule has 9 nitrogen and oxygen atoms in total. The van der Waals surface area contributed by atoms with E-state index in [2.05, 4.69) is 10.6 Å². The van der Waals surface area contributed by atoms with Crippen molar-refractivity contribution in [2.75, 3.05) is 6.61 Å². The van der Waals surface area contributed by atoms with Crippen LogP contribution in [0.15, 0.2) is 41.8 Å². The van der Waals surface area contributed by atoms with Crippen LogP contribution in [-0.4, -0.2) is 52.6 Å². The zero-order valence-electron chi connectivity index (χ0n) is 16.7. The summed E-state index contributed by atoms with van der Waals surface area (Å²) < 4.78 is 0. The summed E-state index contributed by atoms with van der Waals surface area (Å²) in [4.78, 5) is 47.9. The zero-order valence-corrected chi connectivity index (χ0v) is 17.6. The molecule has 1 unspecified atom stereocenters. The van der Waals surface area contributed by atoms with Crippen LogP contribution in [0.3, 0.4) is 0 Å². The highest BCUT2D eigenvalue weighted by atomic mass is 32.1. The standard InChI is InChI=1S/C21H25N3O6S/c22-20(29)16(12-25)24-21(30)15(8-10-19(27)28)23-18(26)9-5-13-3-6-14(7-4-13)17-2-1-11-31-17/h1-4,6-7,11,15-16,25H,5,8-10,12H2,(H2,22,29)(H,23,26)(H,24,30)(H,27,28)/t15?,16-/m0/s1. The number of carboxylic acid groups (broad SMARTS) is 1. The molecule has 0 saturated carbocycles. The normalized spacial score (nSPS) is 12.5. The van der Waals surface area contributed by atoms with Gasteiger partial charge in [-0.3, -0.25) is 19.2 Å². The lowest BCUT2D eigenvalue weighted by molar-refractivity contribution is -0.138. The first-order chi connectivity index (χ1) is 14.8. The summed E-state index contributed by atoms with van der Waals surface area (Å²) >= 11 is 1.64. The molecule has 6 N–H and O–H groups in total. The van der Waals surface area contributed by atoms with Crippen molar-refractivity contribution < 1.29 is 29.4 Å². The van der Waals surface area contributed by atoms with Gasteiger partial charge in [0.2, 0.25) is 17.7 Å². The third kappa shape index (κ3) is 7.83. The number of hydrogen-bond acceptors (Lipinski definition) is 6. The maximum absolute atomic E-state index is 12.4. The van der Waals surface area contributed by atoms with E-state index in [0.717, 1.165) is 16.0 Å². The van der Waals surface area contributed by atoms with Gasteiger partial charge in [0.05, 0.1) is 6.61 Å². The number of carboxylic acids is 1. The number of aryl methyl sites for hydroxylation is 1. The fourth-order valence-corrected chi connectivity index (χ4v) is 3.55. The summed E-state index contributed by atoms with van der Waals surface area (Å²) in [5.41, 5.74) is 7.10. The van der Waals surface area contributed by atoms with E-state index in [1.54, 1.807) is 11.3 Å². The Morgan fingerprint density at radius 1 is 1.00 bits per heavy atom. The highest BCUT2D eigenvalue weighted by Crippen LogP contribution is 2.24. The number of amides is 3. The van der Waals surface area contributed by atoms with Crippen LogP contribution < -0.4 is 16.4 Å². The number of nitrogens with one attached hydrogen (secondary N) is 2. The van der Waals surface area contributed by atoms with Crippen LogP contribution in [0.2, 0.25) is 0 Å². The van der Waals surface area contributed by atoms with Crippen LogP contribution in [-0.2, 0) is 25.6 Å². The van der Waals surface area contributed by atoms with E-state index in [1.807, 2.05) is 41.8 Å². The second-order valence-electron chi connectivity index (χ2n) is 6.87. The van der Waals surface area contributed by atoms with Crippen LogP contribution in [0.1, 0.15) is 24.8 Å². The Labute approximate surface area is 183 Å². The molecule has 0 aliphatic heterocycles. The molecule has 0 bridgehead atoms. The first-order valence-corrected chi connectivity index (χ1v) is 10.5. The van der Waals surface area contributed by atoms with Gasteiger partial charge in [0.15, 0.2) is 0 Å². The number of thiophene rings is 1. The van der Waals surface area contributed by atoms with Crippen molar-refractivity contribution in [3.05, 3.63) is 47.3 Å². The van der Waals surface area contributed by atoms with Gasteiger partial charge in [-0.2, -0.15) is 0 Å². The van der Waals surface area contributed by atoms with Gasteiger partial charge >= 0.3 is 5.97 Å². The third-order valence-corrected chi connectivity index (χ3v) is 5.46. The molecule has 0 radical (unpaired) electrons. The average Bonchev–Trinajstić information content (AvgIpc) is 3.28. The molecule has 2 aromatic rings. The second-order valence-corrected chi connectivity index (χ2v) is 7.82. The molecule has 2 atom stereocenters. The lowest BCUT2D eigenvalue weighted by atomic mass is 10.1. The number of hydrogen-bond donors (Lipinski definition) is 5. The quantitative estimate of drug-likeness (QED) is 0.321. The summed E-state index contributed by atoms with van der Waals surface area (Å²) in [6, 6.07) is 9.31. The van der Waals surface area contributed by atoms with Gasteiger partial charge in [0, 0.05) is 17.7 Å². The van der Waals surface area contributed by atoms with Crippen molar-refractivity contribution in [2.45, 2.75) is 37.8 Å². The number of aliphatic hydroxyl groups is 1. The summed E-state index contributed by atoms with van der Waals surface area (Å²) in [5.74, 6) is -3.29. The van der Waals surface area contributed by atoms with Gasteiger partial charge in [-0.25, -0.2) is 0 Å². The monoisotopic (exact) mass is 447 g/mol. The van der Waals surface area contributed by atoms with Gasteiger partial charge in [-0.05, 0) is 35.4 Å². The molecule has 3 amide bonds. The number of rotatable bonds is 12. The lowest BCUT2D eigenvalue weighted by Crippen LogP contribution is -2.54. The van der Waals surface area contributed by atoms with Gasteiger partial charge < -0.3 is 26.6 Å². The predicted molar refractivity (Wildman–Crippen MR) is 115 cm³/mol. The predicted octanol–water partition coefficient (Wildman–Crippen LogP) is 0.660. The number of primary amides is 1. The van der Waals surface area contributed by atoms with Crippen molar-refractivity contribution in [1.82, 2.24) is 10.6 Å². The lowest BCUT2D eigenvalue weighted by Gasteiger charge is -2.20. The molecule has 10 heteroatoms. The number of carbonyl (C=O) groups is 4. The molecule has 2 rings (SSSR count). The first-order valence-electron chi connectivity index (χ1n) is 9.64. The van der Waals surface area contributed by atoms with Gasteiger partial charge in [-0.1, -0.05) is 30.3 Å². The van der Waals surface area contributed by atoms with Gasteiger partial charge in [0.1, 0.15) is 12.1 Å². The zero-order chi connectivity index (χ0) is 22.8. The molecule has 1 aromatic heterocycles. The molecular weight excluding hydrogens is 422 g/mol. The van der Waals surface area contributed by atoms with E-state index >= 15 is 0 Å². The van der Waals surface area contributed by atoms with Gasteiger partial charge in [0.25, 0.3) is 0 Å². The van der Waals surface area contributed by atoms with E-state index in [9.17, 15) is 19.2 Å². The minimum Gasteiger partial charge on any atom is -0.481 e. The summed E-state index contributed by atoms with van der Waals surface area (Å²) in [6.45, 7) is -0.706. The number of nitrogens with two attached hydrogens (primary N) is 1. The minimum atomic E-state index is -1.32. The molecule has 31 heavy (non-hydrogen) atoms. The Bertz CT molecular complexity index is 898. The maximum atomic E-state index is 12.4. The highest BCUT2D eigenvalue weighted by Gasteiger charge is 2.25. The van der Waals surface area contributed by atoms with E-state index in [-0.39, 0.29) is 19.3 Å². The van der Waals surface area contributed by atoms with E-state index < -0.39 is 42.4 Å². The Morgan fingerprint density at radius 2 is 1.71 bits per heavy atom. The summed E-state index contributed by atoms with van der Waals surface area (Å²) in [5, 5.41) is 24.7. The maximum Gasteiger partial charge on any atom is 0.303 e. The molecular formula is C21H25N3O6S. The van der Waals surface area contributed by atoms with Crippen LogP contribution in [0.5, 0.6) is 0 Å². The average molecular weight is 448 g/mol. The topological polar surface area (TPSA) is 159 Å². The minimum absolute atomic E-state index is 0.0917. The molecule has 0 aliphatic rings. The Hall–Kier alpha value is -3.24. The SMILES string of the molecule is NC(=O)[C@H](CO)NC(=O)C(CCC(=O)O)NC(=O)CCc1ccc(-c2cccs2)cc1. The number of benzene rings is 1. The Balaban J connectivity index is 1.93. The van der Waals surface area contributed by atoms with Crippen molar-refractivity contribution in [3.8, 4) is 10.4 Å². The van der Waals surface area contributed by atoms with Crippen LogP contribution in [0.4, 0.5) is 0 Å². The molecule has 0 saturated heterocycles. The first kappa shape index (κ1) is 24.0.